The quantitative estimate of drug-likeness (QED) is 0.824. The molecule has 21 heavy (non-hydrogen) atoms. The van der Waals surface area contributed by atoms with Gasteiger partial charge in [-0.2, -0.15) is 0 Å². The Kier molecular flexibility index (Phi) is 5.91. The predicted molar refractivity (Wildman–Crippen MR) is 88.8 cm³/mol. The molecule has 0 aliphatic carbocycles. The average molecular weight is 326 g/mol. The largest absolute Gasteiger partial charge is 0.493 e. The fraction of sp³-hybridized carbons (Fsp3) is 0.375. The van der Waals surface area contributed by atoms with Gasteiger partial charge in [0.05, 0.1) is 12.1 Å². The number of nitrogens with one attached hydrogen (secondary N) is 1. The van der Waals surface area contributed by atoms with Crippen molar-refractivity contribution < 1.29 is 9.47 Å². The van der Waals surface area contributed by atoms with Crippen LogP contribution in [-0.2, 0) is 19.6 Å². The van der Waals surface area contributed by atoms with Crippen LogP contribution >= 0.6 is 22.9 Å². The SMILES string of the molecule is CCc1ccc(COc2c(Cl)cc(CNC)cc2OC)s1. The monoisotopic (exact) mass is 325 g/mol. The van der Waals surface area contributed by atoms with E-state index < -0.39 is 0 Å². The third kappa shape index (κ3) is 4.13. The van der Waals surface area contributed by atoms with E-state index in [1.54, 1.807) is 18.4 Å². The summed E-state index contributed by atoms with van der Waals surface area (Å²) in [5.41, 5.74) is 1.07. The van der Waals surface area contributed by atoms with Gasteiger partial charge in [-0.05, 0) is 43.3 Å². The lowest BCUT2D eigenvalue weighted by Crippen LogP contribution is -2.06. The number of ether oxygens (including phenoxy) is 2. The van der Waals surface area contributed by atoms with Crippen molar-refractivity contribution in [2.75, 3.05) is 14.2 Å². The molecule has 1 aromatic carbocycles. The molecule has 1 N–H and O–H groups in total. The number of halogens is 1. The van der Waals surface area contributed by atoms with Crippen molar-refractivity contribution in [2.24, 2.45) is 0 Å². The second kappa shape index (κ2) is 7.69. The van der Waals surface area contributed by atoms with Crippen molar-refractivity contribution in [3.63, 3.8) is 0 Å². The summed E-state index contributed by atoms with van der Waals surface area (Å²) in [6, 6.07) is 8.09. The Bertz CT molecular complexity index is 598. The lowest BCUT2D eigenvalue weighted by molar-refractivity contribution is 0.287. The Morgan fingerprint density at radius 2 is 2.00 bits per heavy atom. The maximum Gasteiger partial charge on any atom is 0.180 e. The first-order valence-electron chi connectivity index (χ1n) is 6.89. The number of methoxy groups -OCH3 is 1. The molecule has 2 aromatic rings. The summed E-state index contributed by atoms with van der Waals surface area (Å²) in [6.45, 7) is 3.39. The summed E-state index contributed by atoms with van der Waals surface area (Å²) in [7, 11) is 3.52. The minimum absolute atomic E-state index is 0.506. The highest BCUT2D eigenvalue weighted by Crippen LogP contribution is 2.37. The van der Waals surface area contributed by atoms with Gasteiger partial charge in [-0.1, -0.05) is 18.5 Å². The van der Waals surface area contributed by atoms with Crippen molar-refractivity contribution in [1.82, 2.24) is 5.32 Å². The van der Waals surface area contributed by atoms with Crippen molar-refractivity contribution >= 4 is 22.9 Å². The third-order valence-electron chi connectivity index (χ3n) is 3.09. The maximum atomic E-state index is 6.32. The van der Waals surface area contributed by atoms with Crippen LogP contribution in [0.2, 0.25) is 5.02 Å². The van der Waals surface area contributed by atoms with Gasteiger partial charge in [-0.15, -0.1) is 11.3 Å². The Morgan fingerprint density at radius 1 is 1.24 bits per heavy atom. The smallest absolute Gasteiger partial charge is 0.180 e. The van der Waals surface area contributed by atoms with Gasteiger partial charge in [0.1, 0.15) is 6.61 Å². The third-order valence-corrected chi connectivity index (χ3v) is 4.58. The van der Waals surface area contributed by atoms with E-state index in [1.165, 1.54) is 9.75 Å². The molecule has 0 aliphatic rings. The highest BCUT2D eigenvalue weighted by molar-refractivity contribution is 7.11. The van der Waals surface area contributed by atoms with E-state index >= 15 is 0 Å². The lowest BCUT2D eigenvalue weighted by Gasteiger charge is -2.13. The zero-order valence-corrected chi connectivity index (χ0v) is 14.1. The van der Waals surface area contributed by atoms with E-state index in [2.05, 4.69) is 24.4 Å². The molecule has 0 amide bonds. The first-order chi connectivity index (χ1) is 10.2. The number of aryl methyl sites for hydroxylation is 1. The highest BCUT2D eigenvalue weighted by Gasteiger charge is 2.12. The molecular formula is C16H20ClNO2S. The Morgan fingerprint density at radius 3 is 2.62 bits per heavy atom. The summed E-state index contributed by atoms with van der Waals surface area (Å²) < 4.78 is 11.3. The van der Waals surface area contributed by atoms with Gasteiger partial charge in [-0.3, -0.25) is 0 Å². The molecule has 2 rings (SSSR count). The van der Waals surface area contributed by atoms with Crippen molar-refractivity contribution in [1.29, 1.82) is 0 Å². The lowest BCUT2D eigenvalue weighted by atomic mass is 10.2. The van der Waals surface area contributed by atoms with Crippen LogP contribution in [0.3, 0.4) is 0 Å². The molecule has 0 aliphatic heterocycles. The minimum atomic E-state index is 0.506. The van der Waals surface area contributed by atoms with Crippen molar-refractivity contribution in [3.8, 4) is 11.5 Å². The first-order valence-corrected chi connectivity index (χ1v) is 8.08. The van der Waals surface area contributed by atoms with E-state index in [0.717, 1.165) is 18.5 Å². The van der Waals surface area contributed by atoms with Gasteiger partial charge in [-0.25, -0.2) is 0 Å². The van der Waals surface area contributed by atoms with Gasteiger partial charge in [0.2, 0.25) is 0 Å². The fourth-order valence-corrected chi connectivity index (χ4v) is 3.21. The van der Waals surface area contributed by atoms with Crippen molar-refractivity contribution in [3.05, 3.63) is 44.6 Å². The van der Waals surface area contributed by atoms with Crippen LogP contribution < -0.4 is 14.8 Å². The standard InChI is InChI=1S/C16H20ClNO2S/c1-4-12-5-6-13(21-12)10-20-16-14(17)7-11(9-18-2)8-15(16)19-3/h5-8,18H,4,9-10H2,1-3H3. The maximum absolute atomic E-state index is 6.32. The number of thiophene rings is 1. The number of hydrogen-bond acceptors (Lipinski definition) is 4. The average Bonchev–Trinajstić information content (AvgIpc) is 2.94. The Balaban J connectivity index is 2.14. The molecule has 0 spiro atoms. The fourth-order valence-electron chi connectivity index (χ4n) is 2.05. The van der Waals surface area contributed by atoms with Gasteiger partial charge >= 0.3 is 0 Å². The van der Waals surface area contributed by atoms with E-state index in [1.807, 2.05) is 19.2 Å². The van der Waals surface area contributed by atoms with E-state index in [0.29, 0.717) is 23.1 Å². The number of benzene rings is 1. The van der Waals surface area contributed by atoms with Crippen LogP contribution in [0.5, 0.6) is 11.5 Å². The molecular weight excluding hydrogens is 306 g/mol. The summed E-state index contributed by atoms with van der Waals surface area (Å²) in [6.07, 6.45) is 1.05. The van der Waals surface area contributed by atoms with Gasteiger partial charge < -0.3 is 14.8 Å². The molecule has 0 saturated heterocycles. The van der Waals surface area contributed by atoms with Crippen LogP contribution in [-0.4, -0.2) is 14.2 Å². The van der Waals surface area contributed by atoms with Gasteiger partial charge in [0.15, 0.2) is 11.5 Å². The molecule has 3 nitrogen and oxygen atoms in total. The summed E-state index contributed by atoms with van der Waals surface area (Å²) in [4.78, 5) is 2.54. The van der Waals surface area contributed by atoms with Crippen molar-refractivity contribution in [2.45, 2.75) is 26.5 Å². The molecule has 0 radical (unpaired) electrons. The number of hydrogen-bond donors (Lipinski definition) is 1. The van der Waals surface area contributed by atoms with Crippen LogP contribution in [0.4, 0.5) is 0 Å². The molecule has 0 unspecified atom stereocenters. The zero-order chi connectivity index (χ0) is 15.2. The molecule has 5 heteroatoms. The molecule has 0 saturated carbocycles. The molecule has 1 aromatic heterocycles. The highest BCUT2D eigenvalue weighted by atomic mass is 35.5. The molecule has 0 fully saturated rings. The first kappa shape index (κ1) is 16.1. The molecule has 0 atom stereocenters. The summed E-state index contributed by atoms with van der Waals surface area (Å²) in [5.74, 6) is 1.27. The van der Waals surface area contributed by atoms with Crippen LogP contribution in [0.25, 0.3) is 0 Å². The van der Waals surface area contributed by atoms with Crippen LogP contribution in [0, 0.1) is 0 Å². The van der Waals surface area contributed by atoms with E-state index in [4.69, 9.17) is 21.1 Å². The second-order valence-corrected chi connectivity index (χ2v) is 6.31. The zero-order valence-electron chi connectivity index (χ0n) is 12.5. The second-order valence-electron chi connectivity index (χ2n) is 4.65. The van der Waals surface area contributed by atoms with Gasteiger partial charge in [0.25, 0.3) is 0 Å². The van der Waals surface area contributed by atoms with Crippen LogP contribution in [0.15, 0.2) is 24.3 Å². The minimum Gasteiger partial charge on any atom is -0.493 e. The van der Waals surface area contributed by atoms with E-state index in [9.17, 15) is 0 Å². The molecule has 114 valence electrons. The predicted octanol–water partition coefficient (Wildman–Crippen LogP) is 4.27. The Hall–Kier alpha value is -1.23. The van der Waals surface area contributed by atoms with Gasteiger partial charge in [0, 0.05) is 16.3 Å². The number of rotatable bonds is 7. The molecule has 1 heterocycles. The summed E-state index contributed by atoms with van der Waals surface area (Å²) >= 11 is 8.08. The molecule has 0 bridgehead atoms. The summed E-state index contributed by atoms with van der Waals surface area (Å²) in [5, 5.41) is 3.67. The van der Waals surface area contributed by atoms with Crippen LogP contribution in [0.1, 0.15) is 22.2 Å². The topological polar surface area (TPSA) is 30.5 Å². The van der Waals surface area contributed by atoms with E-state index in [-0.39, 0.29) is 0 Å². The normalized spacial score (nSPS) is 10.7. The Labute approximate surface area is 134 Å².